The van der Waals surface area contributed by atoms with E-state index in [4.69, 9.17) is 0 Å². The summed E-state index contributed by atoms with van der Waals surface area (Å²) in [6, 6.07) is 2.23. The van der Waals surface area contributed by atoms with Crippen LogP contribution in [0.1, 0.15) is 89.5 Å². The second-order valence-electron chi connectivity index (χ2n) is 10.3. The van der Waals surface area contributed by atoms with E-state index in [9.17, 15) is 0 Å². The van der Waals surface area contributed by atoms with Crippen LogP contribution in [0.4, 0.5) is 0 Å². The van der Waals surface area contributed by atoms with Crippen LogP contribution in [0.2, 0.25) is 0 Å². The molecule has 0 radical (unpaired) electrons. The van der Waals surface area contributed by atoms with E-state index in [1.54, 1.807) is 0 Å². The lowest BCUT2D eigenvalue weighted by atomic mass is 9.45. The van der Waals surface area contributed by atoms with Crippen molar-refractivity contribution in [2.24, 2.45) is 34.5 Å². The summed E-state index contributed by atoms with van der Waals surface area (Å²) in [5.41, 5.74) is 2.62. The summed E-state index contributed by atoms with van der Waals surface area (Å²) in [4.78, 5) is 0. The van der Waals surface area contributed by atoms with E-state index in [1.807, 2.05) is 12.4 Å². The van der Waals surface area contributed by atoms with Gasteiger partial charge < -0.3 is 0 Å². The molecule has 0 saturated heterocycles. The van der Waals surface area contributed by atoms with E-state index in [-0.39, 0.29) is 0 Å². The first kappa shape index (κ1) is 16.3. The molecule has 5 rings (SSSR count). The topological polar surface area (TPSA) is 25.8 Å². The Bertz CT molecular complexity index is 628. The van der Waals surface area contributed by atoms with E-state index in [1.165, 1.54) is 69.8 Å². The first-order valence-electron chi connectivity index (χ1n) is 10.9. The van der Waals surface area contributed by atoms with E-state index in [2.05, 4.69) is 30.1 Å². The third-order valence-corrected chi connectivity index (χ3v) is 9.59. The van der Waals surface area contributed by atoms with Crippen LogP contribution in [0, 0.1) is 34.5 Å². The Kier molecular flexibility index (Phi) is 3.77. The smallest absolute Gasteiger partial charge is 0.0531 e. The average molecular weight is 339 g/mol. The average Bonchev–Trinajstić information content (AvgIpc) is 2.99. The Morgan fingerprint density at radius 2 is 1.72 bits per heavy atom. The van der Waals surface area contributed by atoms with Crippen molar-refractivity contribution in [2.45, 2.75) is 84.0 Å². The van der Waals surface area contributed by atoms with Crippen LogP contribution in [0.3, 0.4) is 0 Å². The van der Waals surface area contributed by atoms with Gasteiger partial charge in [-0.1, -0.05) is 26.7 Å². The van der Waals surface area contributed by atoms with Gasteiger partial charge in [0.15, 0.2) is 0 Å². The molecule has 4 aliphatic carbocycles. The highest BCUT2D eigenvalue weighted by Gasteiger charge is 2.59. The minimum Gasteiger partial charge on any atom is -0.159 e. The van der Waals surface area contributed by atoms with Crippen LogP contribution < -0.4 is 0 Å². The van der Waals surface area contributed by atoms with Gasteiger partial charge in [0.1, 0.15) is 0 Å². The molecule has 0 amide bonds. The van der Waals surface area contributed by atoms with E-state index in [0.717, 1.165) is 23.7 Å². The zero-order valence-corrected chi connectivity index (χ0v) is 16.1. The molecule has 0 bridgehead atoms. The van der Waals surface area contributed by atoms with Crippen molar-refractivity contribution in [1.82, 2.24) is 10.2 Å². The Balaban J connectivity index is 1.45. The van der Waals surface area contributed by atoms with Gasteiger partial charge in [-0.05, 0) is 103 Å². The lowest BCUT2D eigenvalue weighted by Crippen LogP contribution is -2.52. The fourth-order valence-corrected chi connectivity index (χ4v) is 8.35. The molecule has 2 nitrogen and oxygen atoms in total. The van der Waals surface area contributed by atoms with Crippen molar-refractivity contribution in [3.8, 4) is 0 Å². The Hall–Kier alpha value is -0.920. The number of aromatic nitrogens is 2. The highest BCUT2D eigenvalue weighted by molar-refractivity contribution is 5.22. The number of rotatable bonds is 1. The van der Waals surface area contributed by atoms with Crippen LogP contribution in [-0.2, 0) is 0 Å². The SMILES string of the molecule is C[C@]12CCCCC1CC[C@@H]1[C@H]2CC[C@]2(C)C(c3ccnnc3)CC[C@@H]12. The third-order valence-electron chi connectivity index (χ3n) is 9.59. The Morgan fingerprint density at radius 1 is 0.840 bits per heavy atom. The summed E-state index contributed by atoms with van der Waals surface area (Å²) in [6.45, 7) is 5.32. The molecule has 2 unspecified atom stereocenters. The molecule has 0 spiro atoms. The monoisotopic (exact) mass is 338 g/mol. The highest BCUT2D eigenvalue weighted by Crippen LogP contribution is 2.68. The second kappa shape index (κ2) is 5.79. The van der Waals surface area contributed by atoms with Crippen molar-refractivity contribution in [3.63, 3.8) is 0 Å². The molecule has 4 aliphatic rings. The summed E-state index contributed by atoms with van der Waals surface area (Å²) in [6.07, 6.45) is 18.7. The van der Waals surface area contributed by atoms with Crippen molar-refractivity contribution >= 4 is 0 Å². The summed E-state index contributed by atoms with van der Waals surface area (Å²) in [5.74, 6) is 4.71. The largest absolute Gasteiger partial charge is 0.159 e. The second-order valence-corrected chi connectivity index (χ2v) is 10.3. The van der Waals surface area contributed by atoms with Gasteiger partial charge in [0, 0.05) is 6.20 Å². The first-order chi connectivity index (χ1) is 12.1. The number of hydrogen-bond donors (Lipinski definition) is 0. The van der Waals surface area contributed by atoms with Crippen LogP contribution in [0.5, 0.6) is 0 Å². The van der Waals surface area contributed by atoms with Gasteiger partial charge in [0.2, 0.25) is 0 Å². The van der Waals surface area contributed by atoms with Crippen LogP contribution >= 0.6 is 0 Å². The molecule has 0 aliphatic heterocycles. The lowest BCUT2D eigenvalue weighted by molar-refractivity contribution is -0.105. The molecule has 136 valence electrons. The fraction of sp³-hybridized carbons (Fsp3) is 0.826. The van der Waals surface area contributed by atoms with Gasteiger partial charge in [-0.2, -0.15) is 10.2 Å². The molecule has 1 heterocycles. The maximum Gasteiger partial charge on any atom is 0.0531 e. The van der Waals surface area contributed by atoms with E-state index >= 15 is 0 Å². The highest BCUT2D eigenvalue weighted by atomic mass is 15.1. The number of fused-ring (bicyclic) bond motifs is 5. The lowest BCUT2D eigenvalue weighted by Gasteiger charge is -2.60. The Morgan fingerprint density at radius 3 is 2.56 bits per heavy atom. The van der Waals surface area contributed by atoms with Gasteiger partial charge >= 0.3 is 0 Å². The van der Waals surface area contributed by atoms with Crippen LogP contribution in [0.25, 0.3) is 0 Å². The fourth-order valence-electron chi connectivity index (χ4n) is 8.35. The predicted molar refractivity (Wildman–Crippen MR) is 101 cm³/mol. The Labute approximate surface area is 153 Å². The molecular formula is C23H34N2. The van der Waals surface area contributed by atoms with E-state index in [0.29, 0.717) is 16.7 Å². The van der Waals surface area contributed by atoms with Gasteiger partial charge in [-0.15, -0.1) is 0 Å². The maximum absolute atomic E-state index is 4.19. The maximum atomic E-state index is 4.19. The molecule has 0 aromatic carbocycles. The molecule has 2 heteroatoms. The molecule has 4 saturated carbocycles. The molecule has 7 atom stereocenters. The van der Waals surface area contributed by atoms with Gasteiger partial charge in [-0.3, -0.25) is 0 Å². The molecule has 0 N–H and O–H groups in total. The quantitative estimate of drug-likeness (QED) is 0.628. The molecule has 1 aromatic heterocycles. The van der Waals surface area contributed by atoms with Crippen LogP contribution in [-0.4, -0.2) is 10.2 Å². The summed E-state index contributed by atoms with van der Waals surface area (Å²) in [5, 5.41) is 8.21. The normalized spacial score (nSPS) is 49.1. The van der Waals surface area contributed by atoms with E-state index < -0.39 is 0 Å². The molecule has 1 aromatic rings. The number of nitrogens with zero attached hydrogens (tertiary/aromatic N) is 2. The zero-order valence-electron chi connectivity index (χ0n) is 16.1. The van der Waals surface area contributed by atoms with Gasteiger partial charge in [-0.25, -0.2) is 0 Å². The third kappa shape index (κ3) is 2.28. The minimum atomic E-state index is 0.502. The van der Waals surface area contributed by atoms with Crippen LogP contribution in [0.15, 0.2) is 18.5 Å². The summed E-state index contributed by atoms with van der Waals surface area (Å²) >= 11 is 0. The molecule has 4 fully saturated rings. The van der Waals surface area contributed by atoms with Gasteiger partial charge in [0.25, 0.3) is 0 Å². The molecule has 25 heavy (non-hydrogen) atoms. The zero-order chi connectivity index (χ0) is 17.1. The number of hydrogen-bond acceptors (Lipinski definition) is 2. The summed E-state index contributed by atoms with van der Waals surface area (Å²) in [7, 11) is 0. The minimum absolute atomic E-state index is 0.502. The predicted octanol–water partition coefficient (Wildman–Crippen LogP) is 5.99. The molecular weight excluding hydrogens is 304 g/mol. The van der Waals surface area contributed by atoms with Crippen molar-refractivity contribution in [3.05, 3.63) is 24.0 Å². The van der Waals surface area contributed by atoms with Crippen molar-refractivity contribution in [2.75, 3.05) is 0 Å². The first-order valence-corrected chi connectivity index (χ1v) is 10.9. The summed E-state index contributed by atoms with van der Waals surface area (Å²) < 4.78 is 0. The van der Waals surface area contributed by atoms with Crippen molar-refractivity contribution < 1.29 is 0 Å². The van der Waals surface area contributed by atoms with Crippen molar-refractivity contribution in [1.29, 1.82) is 0 Å². The van der Waals surface area contributed by atoms with Gasteiger partial charge in [0.05, 0.1) is 6.20 Å². The standard InChI is InChI=1S/C23H34N2/c1-22-12-4-3-5-17(22)6-7-18-20-9-8-19(16-11-14-24-25-15-16)23(20,2)13-10-21(18)22/h11,14-15,17-21H,3-10,12-13H2,1-2H3/t17?,18-,19?,20-,21+,22-,23+/m0/s1.